The van der Waals surface area contributed by atoms with E-state index in [1.54, 1.807) is 30.3 Å². The Morgan fingerprint density at radius 2 is 1.68 bits per heavy atom. The van der Waals surface area contributed by atoms with Crippen molar-refractivity contribution in [3.05, 3.63) is 65.2 Å². The van der Waals surface area contributed by atoms with Crippen molar-refractivity contribution in [2.45, 2.75) is 16.9 Å². The first kappa shape index (κ1) is 22.2. The van der Waals surface area contributed by atoms with Gasteiger partial charge in [0.2, 0.25) is 3.79 Å². The highest BCUT2D eigenvalue weighted by Crippen LogP contribution is 2.29. The lowest BCUT2D eigenvalue weighted by molar-refractivity contribution is 0.0696. The molecule has 0 radical (unpaired) electrons. The molecule has 1 atom stereocenters. The molecule has 0 bridgehead atoms. The van der Waals surface area contributed by atoms with Crippen LogP contribution < -0.4 is 16.0 Å². The molecule has 2 aromatic carbocycles. The van der Waals surface area contributed by atoms with Gasteiger partial charge in [0.25, 0.3) is 5.91 Å². The molecule has 4 N–H and O–H groups in total. The number of carbonyl (C=O) groups excluding carboxylic acids is 1. The van der Waals surface area contributed by atoms with Gasteiger partial charge in [0.15, 0.2) is 5.11 Å². The number of aryl methyl sites for hydroxylation is 1. The summed E-state index contributed by atoms with van der Waals surface area (Å²) in [5.74, 6) is -1.53. The van der Waals surface area contributed by atoms with Gasteiger partial charge >= 0.3 is 5.97 Å². The lowest BCUT2D eigenvalue weighted by atomic mass is 10.1. The monoisotopic (exact) mass is 459 g/mol. The first-order valence-corrected chi connectivity index (χ1v) is 9.45. The Balaban J connectivity index is 2.09. The van der Waals surface area contributed by atoms with Crippen molar-refractivity contribution in [1.82, 2.24) is 10.6 Å². The van der Waals surface area contributed by atoms with E-state index in [9.17, 15) is 9.59 Å². The van der Waals surface area contributed by atoms with E-state index in [0.717, 1.165) is 5.56 Å². The highest BCUT2D eigenvalue weighted by atomic mass is 35.6. The second kappa shape index (κ2) is 9.43. The number of thiocarbonyl (C=S) groups is 1. The number of anilines is 1. The third-order valence-electron chi connectivity index (χ3n) is 3.53. The van der Waals surface area contributed by atoms with Gasteiger partial charge in [-0.3, -0.25) is 4.79 Å². The first-order chi connectivity index (χ1) is 13.1. The lowest BCUT2D eigenvalue weighted by Gasteiger charge is -2.28. The molecule has 0 saturated carbocycles. The molecule has 0 spiro atoms. The molecule has 0 unspecified atom stereocenters. The van der Waals surface area contributed by atoms with E-state index in [1.807, 2.05) is 13.0 Å². The minimum absolute atomic E-state index is 0.0309. The summed E-state index contributed by atoms with van der Waals surface area (Å²) in [5, 5.41) is 17.2. The Bertz CT molecular complexity index is 903. The SMILES string of the molecule is Cc1cccc(C(=O)N[C@H](NC(=S)Nc2cccc(C(=O)O)c2)C(Cl)(Cl)Cl)c1. The zero-order valence-electron chi connectivity index (χ0n) is 14.5. The summed E-state index contributed by atoms with van der Waals surface area (Å²) in [6, 6.07) is 12.9. The average molecular weight is 461 g/mol. The fraction of sp³-hybridized carbons (Fsp3) is 0.167. The fourth-order valence-electron chi connectivity index (χ4n) is 2.23. The van der Waals surface area contributed by atoms with E-state index in [4.69, 9.17) is 52.1 Å². The number of hydrogen-bond acceptors (Lipinski definition) is 3. The molecule has 10 heteroatoms. The number of carboxylic acids is 1. The van der Waals surface area contributed by atoms with E-state index in [2.05, 4.69) is 16.0 Å². The second-order valence-corrected chi connectivity index (χ2v) is 8.58. The summed E-state index contributed by atoms with van der Waals surface area (Å²) in [6.07, 6.45) is -1.15. The van der Waals surface area contributed by atoms with Crippen LogP contribution in [0.1, 0.15) is 26.3 Å². The molecule has 6 nitrogen and oxygen atoms in total. The molecule has 1 amide bonds. The van der Waals surface area contributed by atoms with Gasteiger partial charge in [-0.1, -0.05) is 58.6 Å². The molecule has 2 rings (SSSR count). The molecule has 0 aromatic heterocycles. The Morgan fingerprint density at radius 3 is 2.29 bits per heavy atom. The lowest BCUT2D eigenvalue weighted by Crippen LogP contribution is -2.56. The Labute approximate surface area is 182 Å². The number of rotatable bonds is 5. The van der Waals surface area contributed by atoms with Crippen molar-refractivity contribution in [3.63, 3.8) is 0 Å². The highest BCUT2D eigenvalue weighted by Gasteiger charge is 2.35. The molecule has 2 aromatic rings. The van der Waals surface area contributed by atoms with Gasteiger partial charge in [-0.25, -0.2) is 4.79 Å². The van der Waals surface area contributed by atoms with Crippen LogP contribution in [-0.4, -0.2) is 32.1 Å². The van der Waals surface area contributed by atoms with Gasteiger partial charge in [0.1, 0.15) is 6.17 Å². The Hall–Kier alpha value is -2.06. The molecule has 0 saturated heterocycles. The zero-order valence-corrected chi connectivity index (χ0v) is 17.6. The maximum atomic E-state index is 12.5. The summed E-state index contributed by atoms with van der Waals surface area (Å²) < 4.78 is -1.91. The maximum Gasteiger partial charge on any atom is 0.335 e. The number of nitrogens with one attached hydrogen (secondary N) is 3. The molecular formula is C18H16Cl3N3O3S. The molecule has 148 valence electrons. The number of benzene rings is 2. The summed E-state index contributed by atoms with van der Waals surface area (Å²) >= 11 is 23.1. The van der Waals surface area contributed by atoms with Gasteiger partial charge < -0.3 is 21.1 Å². The third kappa shape index (κ3) is 6.53. The smallest absolute Gasteiger partial charge is 0.335 e. The van der Waals surface area contributed by atoms with Crippen LogP contribution in [0.25, 0.3) is 0 Å². The molecule has 28 heavy (non-hydrogen) atoms. The van der Waals surface area contributed by atoms with Crippen molar-refractivity contribution in [3.8, 4) is 0 Å². The number of alkyl halides is 3. The van der Waals surface area contributed by atoms with Gasteiger partial charge in [-0.05, 0) is 49.5 Å². The number of amides is 1. The molecule has 0 aliphatic carbocycles. The Morgan fingerprint density at radius 1 is 1.04 bits per heavy atom. The van der Waals surface area contributed by atoms with Crippen molar-refractivity contribution in [2.24, 2.45) is 0 Å². The quantitative estimate of drug-likeness (QED) is 0.305. The van der Waals surface area contributed by atoms with Crippen molar-refractivity contribution < 1.29 is 14.7 Å². The summed E-state index contributed by atoms with van der Waals surface area (Å²) in [5.41, 5.74) is 1.81. The largest absolute Gasteiger partial charge is 0.478 e. The van der Waals surface area contributed by atoms with Crippen LogP contribution in [0.15, 0.2) is 48.5 Å². The molecule has 0 heterocycles. The predicted molar refractivity (Wildman–Crippen MR) is 115 cm³/mol. The van der Waals surface area contributed by atoms with Crippen LogP contribution in [0.4, 0.5) is 5.69 Å². The highest BCUT2D eigenvalue weighted by molar-refractivity contribution is 7.80. The summed E-state index contributed by atoms with van der Waals surface area (Å²) in [4.78, 5) is 23.5. The van der Waals surface area contributed by atoms with Crippen LogP contribution in [0, 0.1) is 6.92 Å². The van der Waals surface area contributed by atoms with Gasteiger partial charge in [0.05, 0.1) is 5.56 Å². The zero-order chi connectivity index (χ0) is 20.9. The van der Waals surface area contributed by atoms with Gasteiger partial charge in [-0.2, -0.15) is 0 Å². The van der Waals surface area contributed by atoms with E-state index < -0.39 is 21.8 Å². The Kier molecular flexibility index (Phi) is 7.48. The topological polar surface area (TPSA) is 90.5 Å². The molecule has 0 aliphatic rings. The van der Waals surface area contributed by atoms with Crippen molar-refractivity contribution in [1.29, 1.82) is 0 Å². The summed E-state index contributed by atoms with van der Waals surface area (Å²) in [6.45, 7) is 1.85. The first-order valence-electron chi connectivity index (χ1n) is 7.91. The van der Waals surface area contributed by atoms with Crippen LogP contribution in [0.2, 0.25) is 0 Å². The van der Waals surface area contributed by atoms with Crippen LogP contribution in [0.5, 0.6) is 0 Å². The van der Waals surface area contributed by atoms with E-state index in [-0.39, 0.29) is 10.7 Å². The van der Waals surface area contributed by atoms with Crippen LogP contribution in [-0.2, 0) is 0 Å². The molecular weight excluding hydrogens is 445 g/mol. The van der Waals surface area contributed by atoms with E-state index >= 15 is 0 Å². The second-order valence-electron chi connectivity index (χ2n) is 5.80. The van der Waals surface area contributed by atoms with Crippen LogP contribution in [0.3, 0.4) is 0 Å². The number of halogens is 3. The van der Waals surface area contributed by atoms with Gasteiger partial charge in [-0.15, -0.1) is 0 Å². The fourth-order valence-corrected chi connectivity index (χ4v) is 2.79. The minimum atomic E-state index is -1.91. The number of aromatic carboxylic acids is 1. The minimum Gasteiger partial charge on any atom is -0.478 e. The van der Waals surface area contributed by atoms with Gasteiger partial charge in [0, 0.05) is 11.3 Å². The van der Waals surface area contributed by atoms with Crippen LogP contribution >= 0.6 is 47.0 Å². The number of carboxylic acid groups (broad SMARTS) is 1. The standard InChI is InChI=1S/C18H16Cl3N3O3S/c1-10-4-2-5-11(8-10)14(25)23-16(18(19,20)21)24-17(28)22-13-7-3-6-12(9-13)15(26)27/h2-9,16H,1H3,(H,23,25)(H,26,27)(H2,22,24,28)/t16-/m1/s1. The number of hydrogen-bond donors (Lipinski definition) is 4. The van der Waals surface area contributed by atoms with Crippen molar-refractivity contribution in [2.75, 3.05) is 5.32 Å². The molecule has 0 fully saturated rings. The normalized spacial score (nSPS) is 12.0. The number of carbonyl (C=O) groups is 2. The third-order valence-corrected chi connectivity index (χ3v) is 4.40. The average Bonchev–Trinajstić information content (AvgIpc) is 2.60. The molecule has 0 aliphatic heterocycles. The maximum absolute atomic E-state index is 12.5. The van der Waals surface area contributed by atoms with Crippen molar-refractivity contribution >= 4 is 69.7 Å². The summed E-state index contributed by atoms with van der Waals surface area (Å²) in [7, 11) is 0. The predicted octanol–water partition coefficient (Wildman–Crippen LogP) is 4.11. The van der Waals surface area contributed by atoms with E-state index in [1.165, 1.54) is 12.1 Å². The van der Waals surface area contributed by atoms with E-state index in [0.29, 0.717) is 11.3 Å².